The second-order valence-electron chi connectivity index (χ2n) is 3.94. The highest BCUT2D eigenvalue weighted by molar-refractivity contribution is 6.30. The summed E-state index contributed by atoms with van der Waals surface area (Å²) in [5.41, 5.74) is 1.36. The summed E-state index contributed by atoms with van der Waals surface area (Å²) in [4.78, 5) is 11.3. The van der Waals surface area contributed by atoms with Gasteiger partial charge in [-0.1, -0.05) is 17.7 Å². The van der Waals surface area contributed by atoms with Gasteiger partial charge in [-0.2, -0.15) is 0 Å². The zero-order valence-corrected chi connectivity index (χ0v) is 10.4. The molecule has 0 aliphatic rings. The van der Waals surface area contributed by atoms with Crippen LogP contribution in [0.15, 0.2) is 42.5 Å². The SMILES string of the molecule is O=C(O)c1cccc2nnc(-c3ccc(Cl)cc3)n12. The van der Waals surface area contributed by atoms with Gasteiger partial charge in [-0.05, 0) is 36.4 Å². The minimum Gasteiger partial charge on any atom is -0.477 e. The molecule has 2 heterocycles. The standard InChI is InChI=1S/C13H8ClN3O2/c14-9-6-4-8(5-7-9)12-16-15-11-3-1-2-10(13(18)19)17(11)12/h1-7H,(H,18,19). The van der Waals surface area contributed by atoms with Gasteiger partial charge in [-0.25, -0.2) is 4.79 Å². The van der Waals surface area contributed by atoms with Crippen molar-refractivity contribution in [2.75, 3.05) is 0 Å². The number of carboxylic acids is 1. The molecule has 0 saturated heterocycles. The van der Waals surface area contributed by atoms with E-state index in [1.165, 1.54) is 10.5 Å². The smallest absolute Gasteiger partial charge is 0.352 e. The van der Waals surface area contributed by atoms with Crippen molar-refractivity contribution in [2.24, 2.45) is 0 Å². The molecule has 1 aromatic carbocycles. The van der Waals surface area contributed by atoms with Gasteiger partial charge in [0.05, 0.1) is 0 Å². The first-order valence-corrected chi connectivity index (χ1v) is 5.88. The highest BCUT2D eigenvalue weighted by atomic mass is 35.5. The average molecular weight is 274 g/mol. The number of pyridine rings is 1. The van der Waals surface area contributed by atoms with Crippen LogP contribution in [0.4, 0.5) is 0 Å². The zero-order valence-electron chi connectivity index (χ0n) is 9.62. The van der Waals surface area contributed by atoms with Crippen LogP contribution in [0.5, 0.6) is 0 Å². The summed E-state index contributed by atoms with van der Waals surface area (Å²) in [6.07, 6.45) is 0. The Hall–Kier alpha value is -2.40. The van der Waals surface area contributed by atoms with Gasteiger partial charge in [-0.15, -0.1) is 10.2 Å². The number of hydrogen-bond donors (Lipinski definition) is 1. The molecule has 0 amide bonds. The summed E-state index contributed by atoms with van der Waals surface area (Å²) in [5.74, 6) is -0.551. The molecule has 0 saturated carbocycles. The summed E-state index contributed by atoms with van der Waals surface area (Å²) in [6, 6.07) is 11.9. The fraction of sp³-hybridized carbons (Fsp3) is 0. The van der Waals surface area contributed by atoms with Crippen LogP contribution in [0.1, 0.15) is 10.5 Å². The van der Waals surface area contributed by atoms with E-state index in [1.54, 1.807) is 36.4 Å². The number of aromatic carboxylic acids is 1. The highest BCUT2D eigenvalue weighted by Gasteiger charge is 2.15. The Bertz CT molecular complexity index is 765. The van der Waals surface area contributed by atoms with Crippen LogP contribution in [0.3, 0.4) is 0 Å². The number of carbonyl (C=O) groups is 1. The Balaban J connectivity index is 2.30. The zero-order chi connectivity index (χ0) is 13.4. The maximum atomic E-state index is 11.3. The van der Waals surface area contributed by atoms with Gasteiger partial charge in [-0.3, -0.25) is 4.40 Å². The molecule has 3 aromatic rings. The number of nitrogens with zero attached hydrogens (tertiary/aromatic N) is 3. The van der Waals surface area contributed by atoms with E-state index in [4.69, 9.17) is 11.6 Å². The number of hydrogen-bond acceptors (Lipinski definition) is 3. The predicted octanol–water partition coefficient (Wildman–Crippen LogP) is 2.75. The maximum absolute atomic E-state index is 11.3. The van der Waals surface area contributed by atoms with E-state index in [0.29, 0.717) is 16.5 Å². The van der Waals surface area contributed by atoms with E-state index < -0.39 is 5.97 Å². The van der Waals surface area contributed by atoms with Crippen molar-refractivity contribution in [3.05, 3.63) is 53.2 Å². The molecule has 3 rings (SSSR count). The monoisotopic (exact) mass is 273 g/mol. The topological polar surface area (TPSA) is 67.5 Å². The summed E-state index contributed by atoms with van der Waals surface area (Å²) in [5, 5.41) is 17.8. The Morgan fingerprint density at radius 2 is 1.84 bits per heavy atom. The molecule has 2 aromatic heterocycles. The van der Waals surface area contributed by atoms with E-state index in [-0.39, 0.29) is 5.69 Å². The normalized spacial score (nSPS) is 10.8. The molecular weight excluding hydrogens is 266 g/mol. The van der Waals surface area contributed by atoms with Gasteiger partial charge in [0.2, 0.25) is 0 Å². The molecule has 0 aliphatic heterocycles. The fourth-order valence-corrected chi connectivity index (χ4v) is 2.02. The van der Waals surface area contributed by atoms with Crippen LogP contribution < -0.4 is 0 Å². The third-order valence-electron chi connectivity index (χ3n) is 2.75. The van der Waals surface area contributed by atoms with Crippen molar-refractivity contribution in [3.63, 3.8) is 0 Å². The number of aromatic nitrogens is 3. The second kappa shape index (κ2) is 4.37. The third-order valence-corrected chi connectivity index (χ3v) is 3.00. The summed E-state index contributed by atoms with van der Waals surface area (Å²) >= 11 is 5.84. The molecule has 0 fully saturated rings. The minimum atomic E-state index is -1.03. The lowest BCUT2D eigenvalue weighted by molar-refractivity contribution is 0.0689. The number of rotatable bonds is 2. The van der Waals surface area contributed by atoms with Crippen LogP contribution in [0.25, 0.3) is 17.0 Å². The van der Waals surface area contributed by atoms with Gasteiger partial charge in [0.25, 0.3) is 0 Å². The summed E-state index contributed by atoms with van der Waals surface area (Å²) in [6.45, 7) is 0. The molecule has 0 unspecified atom stereocenters. The quantitative estimate of drug-likeness (QED) is 0.779. The molecule has 0 atom stereocenters. The Morgan fingerprint density at radius 3 is 2.53 bits per heavy atom. The van der Waals surface area contributed by atoms with Gasteiger partial charge < -0.3 is 5.11 Å². The number of halogens is 1. The number of carboxylic acid groups (broad SMARTS) is 1. The number of benzene rings is 1. The maximum Gasteiger partial charge on any atom is 0.352 e. The van der Waals surface area contributed by atoms with Gasteiger partial charge in [0.1, 0.15) is 5.69 Å². The van der Waals surface area contributed by atoms with Crippen molar-refractivity contribution >= 4 is 23.2 Å². The molecule has 6 heteroatoms. The first-order chi connectivity index (χ1) is 9.16. The van der Waals surface area contributed by atoms with Crippen LogP contribution in [0.2, 0.25) is 5.02 Å². The van der Waals surface area contributed by atoms with Crippen molar-refractivity contribution in [3.8, 4) is 11.4 Å². The van der Waals surface area contributed by atoms with Crippen LogP contribution in [-0.4, -0.2) is 25.7 Å². The Morgan fingerprint density at radius 1 is 1.11 bits per heavy atom. The molecule has 0 spiro atoms. The van der Waals surface area contributed by atoms with Crippen molar-refractivity contribution in [2.45, 2.75) is 0 Å². The lowest BCUT2D eigenvalue weighted by Crippen LogP contribution is -2.05. The van der Waals surface area contributed by atoms with E-state index in [0.717, 1.165) is 5.56 Å². The van der Waals surface area contributed by atoms with Crippen LogP contribution in [-0.2, 0) is 0 Å². The van der Waals surface area contributed by atoms with Gasteiger partial charge in [0.15, 0.2) is 11.5 Å². The fourth-order valence-electron chi connectivity index (χ4n) is 1.89. The van der Waals surface area contributed by atoms with Crippen molar-refractivity contribution in [1.29, 1.82) is 0 Å². The second-order valence-corrected chi connectivity index (χ2v) is 4.38. The van der Waals surface area contributed by atoms with Crippen LogP contribution >= 0.6 is 11.6 Å². The third kappa shape index (κ3) is 1.94. The summed E-state index contributed by atoms with van der Waals surface area (Å²) < 4.78 is 1.51. The molecule has 0 aliphatic carbocycles. The molecule has 0 radical (unpaired) electrons. The summed E-state index contributed by atoms with van der Waals surface area (Å²) in [7, 11) is 0. The lowest BCUT2D eigenvalue weighted by Gasteiger charge is -2.03. The predicted molar refractivity (Wildman–Crippen MR) is 70.4 cm³/mol. The van der Waals surface area contributed by atoms with Crippen molar-refractivity contribution in [1.82, 2.24) is 14.6 Å². The number of fused-ring (bicyclic) bond motifs is 1. The van der Waals surface area contributed by atoms with E-state index in [2.05, 4.69) is 10.2 Å². The Labute approximate surface area is 113 Å². The van der Waals surface area contributed by atoms with E-state index in [9.17, 15) is 9.90 Å². The lowest BCUT2D eigenvalue weighted by atomic mass is 10.2. The Kier molecular flexibility index (Phi) is 2.68. The molecular formula is C13H8ClN3O2. The van der Waals surface area contributed by atoms with Gasteiger partial charge >= 0.3 is 5.97 Å². The largest absolute Gasteiger partial charge is 0.477 e. The molecule has 1 N–H and O–H groups in total. The van der Waals surface area contributed by atoms with Crippen molar-refractivity contribution < 1.29 is 9.90 Å². The van der Waals surface area contributed by atoms with Crippen LogP contribution in [0, 0.1) is 0 Å². The first kappa shape index (κ1) is 11.7. The van der Waals surface area contributed by atoms with Gasteiger partial charge in [0, 0.05) is 10.6 Å². The molecule has 94 valence electrons. The first-order valence-electron chi connectivity index (χ1n) is 5.50. The van der Waals surface area contributed by atoms with E-state index >= 15 is 0 Å². The minimum absolute atomic E-state index is 0.118. The average Bonchev–Trinajstić information content (AvgIpc) is 2.83. The molecule has 19 heavy (non-hydrogen) atoms. The highest BCUT2D eigenvalue weighted by Crippen LogP contribution is 2.22. The molecule has 5 nitrogen and oxygen atoms in total. The van der Waals surface area contributed by atoms with E-state index in [1.807, 2.05) is 0 Å². The molecule has 0 bridgehead atoms.